The highest BCUT2D eigenvalue weighted by molar-refractivity contribution is 5.41. The van der Waals surface area contributed by atoms with Gasteiger partial charge in [0.25, 0.3) is 11.1 Å². The summed E-state index contributed by atoms with van der Waals surface area (Å²) in [4.78, 5) is 26.6. The van der Waals surface area contributed by atoms with Crippen LogP contribution in [0.2, 0.25) is 0 Å². The number of nitrogens with zero attached hydrogens (tertiary/aromatic N) is 2. The van der Waals surface area contributed by atoms with Crippen molar-refractivity contribution in [3.05, 3.63) is 56.9 Å². The van der Waals surface area contributed by atoms with E-state index in [1.165, 1.54) is 16.8 Å². The fraction of sp³-hybridized carbons (Fsp3) is 0.100. The predicted molar refractivity (Wildman–Crippen MR) is 62.5 cm³/mol. The molecular formula is C10H11N5O2. The van der Waals surface area contributed by atoms with Crippen LogP contribution >= 0.6 is 0 Å². The van der Waals surface area contributed by atoms with Crippen LogP contribution < -0.4 is 22.4 Å². The first-order valence-corrected chi connectivity index (χ1v) is 4.91. The van der Waals surface area contributed by atoms with Crippen LogP contribution in [0.5, 0.6) is 0 Å². The lowest BCUT2D eigenvalue weighted by Crippen LogP contribution is -2.28. The summed E-state index contributed by atoms with van der Waals surface area (Å²) in [5, 5.41) is 2.42. The van der Waals surface area contributed by atoms with Crippen molar-refractivity contribution in [2.75, 3.05) is 5.43 Å². The van der Waals surface area contributed by atoms with E-state index in [-0.39, 0.29) is 17.7 Å². The highest BCUT2D eigenvalue weighted by Crippen LogP contribution is 2.05. The lowest BCUT2D eigenvalue weighted by molar-refractivity contribution is 0.617. The first kappa shape index (κ1) is 11.1. The summed E-state index contributed by atoms with van der Waals surface area (Å²) in [7, 11) is 0. The molecule has 0 aliphatic carbocycles. The summed E-state index contributed by atoms with van der Waals surface area (Å²) in [6.07, 6.45) is 1.57. The summed E-state index contributed by atoms with van der Waals surface area (Å²) in [6, 6.07) is 5.78. The second-order valence-electron chi connectivity index (χ2n) is 3.41. The smallest absolute Gasteiger partial charge is 0.265 e. The minimum absolute atomic E-state index is 0.185. The first-order valence-electron chi connectivity index (χ1n) is 4.91. The van der Waals surface area contributed by atoms with Crippen LogP contribution in [0.4, 0.5) is 5.69 Å². The molecule has 0 aliphatic rings. The third-order valence-electron chi connectivity index (χ3n) is 2.19. The molecule has 2 aromatic rings. The van der Waals surface area contributed by atoms with Crippen LogP contribution in [-0.4, -0.2) is 14.8 Å². The minimum Gasteiger partial charge on any atom is -0.324 e. The monoisotopic (exact) mass is 233 g/mol. The third-order valence-corrected chi connectivity index (χ3v) is 2.19. The van der Waals surface area contributed by atoms with Crippen molar-refractivity contribution in [1.82, 2.24) is 14.8 Å². The van der Waals surface area contributed by atoms with Crippen LogP contribution in [0, 0.1) is 0 Å². The molecular weight excluding hydrogens is 222 g/mol. The lowest BCUT2D eigenvalue weighted by atomic mass is 10.3. The number of anilines is 1. The Bertz CT molecular complexity index is 631. The zero-order chi connectivity index (χ0) is 12.3. The number of pyridine rings is 1. The van der Waals surface area contributed by atoms with Crippen LogP contribution in [0.15, 0.2) is 40.1 Å². The molecule has 0 aliphatic heterocycles. The number of nitrogen functional groups attached to an aromatic ring is 1. The molecule has 2 heterocycles. The maximum atomic E-state index is 11.5. The normalized spacial score (nSPS) is 10.2. The molecule has 2 rings (SSSR count). The fourth-order valence-corrected chi connectivity index (χ4v) is 1.40. The van der Waals surface area contributed by atoms with Gasteiger partial charge in [-0.1, -0.05) is 0 Å². The van der Waals surface area contributed by atoms with Gasteiger partial charge in [-0.15, -0.1) is 0 Å². The lowest BCUT2D eigenvalue weighted by Gasteiger charge is -2.05. The summed E-state index contributed by atoms with van der Waals surface area (Å²) in [5.41, 5.74) is 3.15. The first-order chi connectivity index (χ1) is 8.19. The SMILES string of the molecule is NNc1ccnc(Cn2[nH]c(=O)ccc2=O)c1. The van der Waals surface area contributed by atoms with Gasteiger partial charge < -0.3 is 5.43 Å². The van der Waals surface area contributed by atoms with Crippen molar-refractivity contribution >= 4 is 5.69 Å². The highest BCUT2D eigenvalue weighted by Gasteiger charge is 2.00. The zero-order valence-electron chi connectivity index (χ0n) is 8.88. The minimum atomic E-state index is -0.335. The Hall–Kier alpha value is -2.41. The van der Waals surface area contributed by atoms with Gasteiger partial charge in [-0.3, -0.25) is 25.5 Å². The summed E-state index contributed by atoms with van der Waals surface area (Å²) < 4.78 is 1.19. The molecule has 0 spiro atoms. The van der Waals surface area contributed by atoms with Crippen molar-refractivity contribution in [1.29, 1.82) is 0 Å². The third kappa shape index (κ3) is 2.58. The molecule has 17 heavy (non-hydrogen) atoms. The van der Waals surface area contributed by atoms with E-state index in [2.05, 4.69) is 15.5 Å². The summed E-state index contributed by atoms with van der Waals surface area (Å²) >= 11 is 0. The molecule has 0 radical (unpaired) electrons. The Morgan fingerprint density at radius 3 is 2.94 bits per heavy atom. The van der Waals surface area contributed by atoms with Gasteiger partial charge in [0, 0.05) is 18.3 Å². The quantitative estimate of drug-likeness (QED) is 0.478. The topological polar surface area (TPSA) is 106 Å². The Balaban J connectivity index is 2.34. The Kier molecular flexibility index (Phi) is 3.01. The molecule has 0 saturated heterocycles. The number of nitrogens with two attached hydrogens (primary N) is 1. The molecule has 0 fully saturated rings. The largest absolute Gasteiger partial charge is 0.324 e. The molecule has 7 heteroatoms. The van der Waals surface area contributed by atoms with E-state index in [0.29, 0.717) is 11.4 Å². The molecule has 0 saturated carbocycles. The molecule has 0 amide bonds. The van der Waals surface area contributed by atoms with Gasteiger partial charge in [-0.25, -0.2) is 4.68 Å². The number of aromatic amines is 1. The highest BCUT2D eigenvalue weighted by atomic mass is 16.1. The fourth-order valence-electron chi connectivity index (χ4n) is 1.40. The van der Waals surface area contributed by atoms with Crippen molar-refractivity contribution in [2.24, 2.45) is 5.84 Å². The van der Waals surface area contributed by atoms with Crippen LogP contribution in [0.1, 0.15) is 5.69 Å². The standard InChI is InChI=1S/C10H11N5O2/c11-13-7-3-4-12-8(5-7)6-15-10(17)2-1-9(16)14-15/h1-5H,6,11H2,(H,12,13)(H,14,16). The molecule has 2 aromatic heterocycles. The summed E-state index contributed by atoms with van der Waals surface area (Å²) in [5.74, 6) is 5.26. The van der Waals surface area contributed by atoms with Gasteiger partial charge in [-0.05, 0) is 12.1 Å². The molecule has 0 aromatic carbocycles. The van der Waals surface area contributed by atoms with Gasteiger partial charge in [0.05, 0.1) is 17.9 Å². The summed E-state index contributed by atoms with van der Waals surface area (Å²) in [6.45, 7) is 0.185. The maximum absolute atomic E-state index is 11.5. The number of aromatic nitrogens is 3. The zero-order valence-corrected chi connectivity index (χ0v) is 8.88. The van der Waals surface area contributed by atoms with E-state index in [1.807, 2.05) is 0 Å². The predicted octanol–water partition coefficient (Wildman–Crippen LogP) is -0.735. The van der Waals surface area contributed by atoms with E-state index in [1.54, 1.807) is 18.3 Å². The van der Waals surface area contributed by atoms with Gasteiger partial charge in [0.1, 0.15) is 0 Å². The molecule has 0 bridgehead atoms. The molecule has 0 unspecified atom stereocenters. The number of rotatable bonds is 3. The van der Waals surface area contributed by atoms with Gasteiger partial charge in [0.15, 0.2) is 0 Å². The van der Waals surface area contributed by atoms with E-state index < -0.39 is 0 Å². The Labute approximate surface area is 95.9 Å². The van der Waals surface area contributed by atoms with Crippen LogP contribution in [-0.2, 0) is 6.54 Å². The molecule has 4 N–H and O–H groups in total. The van der Waals surface area contributed by atoms with Crippen molar-refractivity contribution in [3.8, 4) is 0 Å². The van der Waals surface area contributed by atoms with E-state index in [4.69, 9.17) is 5.84 Å². The number of H-pyrrole nitrogens is 1. The van der Waals surface area contributed by atoms with Gasteiger partial charge >= 0.3 is 0 Å². The van der Waals surface area contributed by atoms with Crippen molar-refractivity contribution in [2.45, 2.75) is 6.54 Å². The second kappa shape index (κ2) is 4.62. The molecule has 88 valence electrons. The van der Waals surface area contributed by atoms with Gasteiger partial charge in [-0.2, -0.15) is 0 Å². The molecule has 0 atom stereocenters. The van der Waals surface area contributed by atoms with E-state index in [9.17, 15) is 9.59 Å². The van der Waals surface area contributed by atoms with E-state index >= 15 is 0 Å². The van der Waals surface area contributed by atoms with E-state index in [0.717, 1.165) is 0 Å². The van der Waals surface area contributed by atoms with Gasteiger partial charge in [0.2, 0.25) is 0 Å². The van der Waals surface area contributed by atoms with Crippen LogP contribution in [0.3, 0.4) is 0 Å². The number of nitrogens with one attached hydrogen (secondary N) is 2. The van der Waals surface area contributed by atoms with Crippen LogP contribution in [0.25, 0.3) is 0 Å². The number of hydrogen-bond donors (Lipinski definition) is 3. The van der Waals surface area contributed by atoms with Crippen molar-refractivity contribution < 1.29 is 0 Å². The molecule has 7 nitrogen and oxygen atoms in total. The maximum Gasteiger partial charge on any atom is 0.265 e. The average molecular weight is 233 g/mol. The Morgan fingerprint density at radius 1 is 1.35 bits per heavy atom. The second-order valence-corrected chi connectivity index (χ2v) is 3.41. The van der Waals surface area contributed by atoms with Crippen molar-refractivity contribution in [3.63, 3.8) is 0 Å². The average Bonchev–Trinajstić information content (AvgIpc) is 2.34. The Morgan fingerprint density at radius 2 is 2.18 bits per heavy atom. The number of hydrogen-bond acceptors (Lipinski definition) is 5. The number of hydrazine groups is 1.